The summed E-state index contributed by atoms with van der Waals surface area (Å²) in [5.74, 6) is 0.00288. The Morgan fingerprint density at radius 3 is 2.57 bits per heavy atom. The van der Waals surface area contributed by atoms with E-state index in [2.05, 4.69) is 10.2 Å². The normalized spacial score (nSPS) is 14.0. The van der Waals surface area contributed by atoms with E-state index in [0.717, 1.165) is 25.0 Å². The number of H-pyrrole nitrogens is 1. The standard InChI is InChI=1S/C14H23N5O2/c1-4-7-19(8-10(20)18(2)3)14(21)13-11(15)12(16-17-13)9-5-6-9/h9H,4-8,15H2,1-3H3,(H,16,17). The molecule has 0 atom stereocenters. The Bertz CT molecular complexity index is 533. The molecule has 0 saturated heterocycles. The van der Waals surface area contributed by atoms with Crippen LogP contribution in [0.4, 0.5) is 5.69 Å². The highest BCUT2D eigenvalue weighted by Gasteiger charge is 2.31. The first-order valence-corrected chi connectivity index (χ1v) is 7.28. The topological polar surface area (TPSA) is 95.3 Å². The molecule has 0 bridgehead atoms. The van der Waals surface area contributed by atoms with Crippen LogP contribution in [-0.4, -0.2) is 59.0 Å². The van der Waals surface area contributed by atoms with Crippen molar-refractivity contribution in [3.05, 3.63) is 11.4 Å². The zero-order valence-corrected chi connectivity index (χ0v) is 12.8. The van der Waals surface area contributed by atoms with Crippen molar-refractivity contribution in [1.29, 1.82) is 0 Å². The summed E-state index contributed by atoms with van der Waals surface area (Å²) in [5.41, 5.74) is 7.55. The lowest BCUT2D eigenvalue weighted by molar-refractivity contribution is -0.129. The third kappa shape index (κ3) is 3.34. The Kier molecular flexibility index (Phi) is 4.50. The highest BCUT2D eigenvalue weighted by Crippen LogP contribution is 2.42. The zero-order chi connectivity index (χ0) is 15.6. The summed E-state index contributed by atoms with van der Waals surface area (Å²) >= 11 is 0. The molecule has 116 valence electrons. The Labute approximate surface area is 124 Å². The molecule has 1 aliphatic rings. The van der Waals surface area contributed by atoms with Gasteiger partial charge in [-0.25, -0.2) is 0 Å². The Morgan fingerprint density at radius 2 is 2.05 bits per heavy atom. The number of aromatic nitrogens is 2. The minimum absolute atomic E-state index is 0.0464. The number of carbonyl (C=O) groups is 2. The fourth-order valence-electron chi connectivity index (χ4n) is 2.19. The number of nitrogens with one attached hydrogen (secondary N) is 1. The fourth-order valence-corrected chi connectivity index (χ4v) is 2.19. The van der Waals surface area contributed by atoms with Gasteiger partial charge < -0.3 is 15.5 Å². The van der Waals surface area contributed by atoms with Crippen molar-refractivity contribution in [3.63, 3.8) is 0 Å². The number of rotatable bonds is 6. The van der Waals surface area contributed by atoms with Gasteiger partial charge in [0.25, 0.3) is 5.91 Å². The highest BCUT2D eigenvalue weighted by atomic mass is 16.2. The second kappa shape index (κ2) is 6.15. The highest BCUT2D eigenvalue weighted by molar-refractivity contribution is 5.99. The van der Waals surface area contributed by atoms with Gasteiger partial charge >= 0.3 is 0 Å². The molecular formula is C14H23N5O2. The second-order valence-electron chi connectivity index (χ2n) is 5.69. The van der Waals surface area contributed by atoms with E-state index >= 15 is 0 Å². The van der Waals surface area contributed by atoms with E-state index in [0.29, 0.717) is 18.2 Å². The maximum atomic E-state index is 12.6. The average molecular weight is 293 g/mol. The molecule has 1 saturated carbocycles. The number of anilines is 1. The molecule has 0 aromatic carbocycles. The molecule has 1 aromatic rings. The predicted molar refractivity (Wildman–Crippen MR) is 79.9 cm³/mol. The maximum absolute atomic E-state index is 12.6. The molecule has 1 aromatic heterocycles. The SMILES string of the molecule is CCCN(CC(=O)N(C)C)C(=O)c1n[nH]c(C2CC2)c1N. The minimum atomic E-state index is -0.285. The van der Waals surface area contributed by atoms with E-state index < -0.39 is 0 Å². The van der Waals surface area contributed by atoms with Gasteiger partial charge in [-0.2, -0.15) is 5.10 Å². The summed E-state index contributed by atoms with van der Waals surface area (Å²) in [5, 5.41) is 6.94. The molecule has 1 aliphatic carbocycles. The number of nitrogens with zero attached hydrogens (tertiary/aromatic N) is 3. The zero-order valence-electron chi connectivity index (χ0n) is 12.8. The average Bonchev–Trinajstić information content (AvgIpc) is 3.20. The molecule has 0 radical (unpaired) electrons. The lowest BCUT2D eigenvalue weighted by atomic mass is 10.2. The van der Waals surface area contributed by atoms with Crippen molar-refractivity contribution in [2.45, 2.75) is 32.1 Å². The summed E-state index contributed by atoms with van der Waals surface area (Å²) in [6.07, 6.45) is 2.93. The van der Waals surface area contributed by atoms with Crippen molar-refractivity contribution < 1.29 is 9.59 Å². The van der Waals surface area contributed by atoms with Gasteiger partial charge in [-0.15, -0.1) is 0 Å². The molecule has 0 unspecified atom stereocenters. The van der Waals surface area contributed by atoms with Gasteiger partial charge in [0.2, 0.25) is 5.91 Å². The van der Waals surface area contributed by atoms with Gasteiger partial charge in [-0.05, 0) is 19.3 Å². The van der Waals surface area contributed by atoms with E-state index in [1.54, 1.807) is 14.1 Å². The lowest BCUT2D eigenvalue weighted by Gasteiger charge is -2.22. The Hall–Kier alpha value is -2.05. The monoisotopic (exact) mass is 293 g/mol. The van der Waals surface area contributed by atoms with Crippen LogP contribution in [0.5, 0.6) is 0 Å². The first-order valence-electron chi connectivity index (χ1n) is 7.28. The van der Waals surface area contributed by atoms with Crippen LogP contribution in [0.2, 0.25) is 0 Å². The number of likely N-dealkylation sites (N-methyl/N-ethyl adjacent to an activating group) is 1. The molecule has 7 nitrogen and oxygen atoms in total. The summed E-state index contributed by atoms with van der Waals surface area (Å²) < 4.78 is 0. The number of hydrogen-bond donors (Lipinski definition) is 2. The van der Waals surface area contributed by atoms with Crippen molar-refractivity contribution in [3.8, 4) is 0 Å². The van der Waals surface area contributed by atoms with Crippen molar-refractivity contribution in [1.82, 2.24) is 20.0 Å². The number of nitrogen functional groups attached to an aromatic ring is 1. The van der Waals surface area contributed by atoms with Gasteiger partial charge in [0, 0.05) is 26.6 Å². The minimum Gasteiger partial charge on any atom is -0.395 e. The van der Waals surface area contributed by atoms with Gasteiger partial charge in [-0.3, -0.25) is 14.7 Å². The molecule has 0 spiro atoms. The van der Waals surface area contributed by atoms with Crippen LogP contribution < -0.4 is 5.73 Å². The van der Waals surface area contributed by atoms with Crippen molar-refractivity contribution in [2.75, 3.05) is 32.9 Å². The number of aromatic amines is 1. The third-order valence-corrected chi connectivity index (χ3v) is 3.63. The summed E-state index contributed by atoms with van der Waals surface area (Å²) in [4.78, 5) is 27.4. The molecule has 1 heterocycles. The number of carbonyl (C=O) groups excluding carboxylic acids is 2. The number of hydrogen-bond acceptors (Lipinski definition) is 4. The molecule has 7 heteroatoms. The molecular weight excluding hydrogens is 270 g/mol. The van der Waals surface area contributed by atoms with Gasteiger partial charge in [0.05, 0.1) is 11.4 Å². The van der Waals surface area contributed by atoms with Crippen LogP contribution in [0.25, 0.3) is 0 Å². The van der Waals surface area contributed by atoms with Crippen molar-refractivity contribution >= 4 is 17.5 Å². The molecule has 1 fully saturated rings. The van der Waals surface area contributed by atoms with Gasteiger partial charge in [0.15, 0.2) is 5.69 Å². The van der Waals surface area contributed by atoms with E-state index in [1.807, 2.05) is 6.92 Å². The molecule has 0 aliphatic heterocycles. The van der Waals surface area contributed by atoms with E-state index in [-0.39, 0.29) is 24.1 Å². The summed E-state index contributed by atoms with van der Waals surface area (Å²) in [7, 11) is 3.34. The Balaban J connectivity index is 2.15. The Morgan fingerprint density at radius 1 is 1.38 bits per heavy atom. The second-order valence-corrected chi connectivity index (χ2v) is 5.69. The van der Waals surface area contributed by atoms with Crippen LogP contribution in [0.15, 0.2) is 0 Å². The van der Waals surface area contributed by atoms with Crippen LogP contribution in [0.1, 0.15) is 48.3 Å². The smallest absolute Gasteiger partial charge is 0.276 e. The van der Waals surface area contributed by atoms with Crippen LogP contribution in [0.3, 0.4) is 0 Å². The van der Waals surface area contributed by atoms with E-state index in [1.165, 1.54) is 9.80 Å². The molecule has 2 amide bonds. The van der Waals surface area contributed by atoms with Gasteiger partial charge in [-0.1, -0.05) is 6.92 Å². The van der Waals surface area contributed by atoms with E-state index in [4.69, 9.17) is 5.73 Å². The quantitative estimate of drug-likeness (QED) is 0.811. The number of amides is 2. The van der Waals surface area contributed by atoms with Crippen molar-refractivity contribution in [2.24, 2.45) is 0 Å². The van der Waals surface area contributed by atoms with Gasteiger partial charge in [0.1, 0.15) is 6.54 Å². The third-order valence-electron chi connectivity index (χ3n) is 3.63. The predicted octanol–water partition coefficient (Wildman–Crippen LogP) is 0.810. The lowest BCUT2D eigenvalue weighted by Crippen LogP contribution is -2.41. The molecule has 3 N–H and O–H groups in total. The first-order chi connectivity index (χ1) is 9.95. The maximum Gasteiger partial charge on any atom is 0.276 e. The summed E-state index contributed by atoms with van der Waals surface area (Å²) in [6.45, 7) is 2.51. The summed E-state index contributed by atoms with van der Waals surface area (Å²) in [6, 6.07) is 0. The number of nitrogens with two attached hydrogens (primary N) is 1. The van der Waals surface area contributed by atoms with Crippen LogP contribution in [-0.2, 0) is 4.79 Å². The van der Waals surface area contributed by atoms with E-state index in [9.17, 15) is 9.59 Å². The van der Waals surface area contributed by atoms with Crippen LogP contribution in [0, 0.1) is 0 Å². The molecule has 2 rings (SSSR count). The first kappa shape index (κ1) is 15.3. The van der Waals surface area contributed by atoms with Crippen LogP contribution >= 0.6 is 0 Å². The largest absolute Gasteiger partial charge is 0.395 e. The fraction of sp³-hybridized carbons (Fsp3) is 0.643. The molecule has 21 heavy (non-hydrogen) atoms.